The standard InChI is InChI=1S/C12H12N8O2S2/c1-6-8(15-19-20(6)10-9(13)17-22-18-10)11(21)16-14-5-7-3-4-24-12(7)23-2/h3-5H,1-2H3,(H2,13,17)(H,16,21). The highest BCUT2D eigenvalue weighted by molar-refractivity contribution is 8.00. The van der Waals surface area contributed by atoms with Crippen molar-refractivity contribution in [2.45, 2.75) is 11.1 Å². The predicted molar refractivity (Wildman–Crippen MR) is 89.5 cm³/mol. The van der Waals surface area contributed by atoms with E-state index < -0.39 is 5.91 Å². The maximum atomic E-state index is 12.2. The van der Waals surface area contributed by atoms with Crippen LogP contribution < -0.4 is 11.2 Å². The summed E-state index contributed by atoms with van der Waals surface area (Å²) >= 11 is 3.23. The van der Waals surface area contributed by atoms with E-state index in [0.29, 0.717) is 5.69 Å². The normalized spacial score (nSPS) is 11.2. The molecule has 3 rings (SSSR count). The summed E-state index contributed by atoms with van der Waals surface area (Å²) in [6.45, 7) is 1.65. The average molecular weight is 364 g/mol. The minimum Gasteiger partial charge on any atom is -0.378 e. The minimum atomic E-state index is -0.494. The molecule has 24 heavy (non-hydrogen) atoms. The molecule has 3 aromatic rings. The van der Waals surface area contributed by atoms with Gasteiger partial charge < -0.3 is 5.73 Å². The van der Waals surface area contributed by atoms with Crippen molar-refractivity contribution in [1.82, 2.24) is 30.7 Å². The van der Waals surface area contributed by atoms with Crippen LogP contribution in [0.1, 0.15) is 21.7 Å². The van der Waals surface area contributed by atoms with Crippen LogP contribution in [-0.2, 0) is 0 Å². The number of nitrogens with one attached hydrogen (secondary N) is 1. The number of carbonyl (C=O) groups excluding carboxylic acids is 1. The van der Waals surface area contributed by atoms with E-state index in [4.69, 9.17) is 5.73 Å². The van der Waals surface area contributed by atoms with Gasteiger partial charge in [-0.3, -0.25) is 4.79 Å². The Balaban J connectivity index is 1.74. The van der Waals surface area contributed by atoms with Crippen LogP contribution in [0.4, 0.5) is 5.82 Å². The summed E-state index contributed by atoms with van der Waals surface area (Å²) in [7, 11) is 0. The molecule has 0 atom stereocenters. The first kappa shape index (κ1) is 16.1. The van der Waals surface area contributed by atoms with Gasteiger partial charge in [-0.2, -0.15) is 9.78 Å². The third-order valence-corrected chi connectivity index (χ3v) is 5.14. The van der Waals surface area contributed by atoms with E-state index in [2.05, 4.69) is 35.8 Å². The molecule has 0 radical (unpaired) electrons. The maximum absolute atomic E-state index is 12.2. The van der Waals surface area contributed by atoms with Crippen molar-refractivity contribution in [2.24, 2.45) is 5.10 Å². The lowest BCUT2D eigenvalue weighted by Gasteiger charge is -1.99. The molecule has 10 nitrogen and oxygen atoms in total. The van der Waals surface area contributed by atoms with Crippen molar-refractivity contribution in [2.75, 3.05) is 12.0 Å². The average Bonchev–Trinajstić information content (AvgIpc) is 3.27. The number of thioether (sulfide) groups is 1. The van der Waals surface area contributed by atoms with Gasteiger partial charge in [0.2, 0.25) is 11.6 Å². The number of thiophene rings is 1. The maximum Gasteiger partial charge on any atom is 0.293 e. The van der Waals surface area contributed by atoms with E-state index >= 15 is 0 Å². The van der Waals surface area contributed by atoms with Crippen LogP contribution in [0.5, 0.6) is 0 Å². The Bertz CT molecular complexity index is 897. The van der Waals surface area contributed by atoms with Crippen molar-refractivity contribution >= 4 is 41.0 Å². The van der Waals surface area contributed by atoms with Gasteiger partial charge in [-0.25, -0.2) is 10.1 Å². The predicted octanol–water partition coefficient (Wildman–Crippen LogP) is 1.09. The summed E-state index contributed by atoms with van der Waals surface area (Å²) in [4.78, 5) is 12.2. The molecular weight excluding hydrogens is 352 g/mol. The second-order valence-corrected chi connectivity index (χ2v) is 6.47. The molecule has 0 unspecified atom stereocenters. The second-order valence-electron chi connectivity index (χ2n) is 4.47. The number of aromatic nitrogens is 5. The fourth-order valence-corrected chi connectivity index (χ4v) is 3.36. The first-order chi connectivity index (χ1) is 11.6. The number of hydrogen-bond donors (Lipinski definition) is 2. The molecule has 0 saturated carbocycles. The summed E-state index contributed by atoms with van der Waals surface area (Å²) < 4.78 is 6.90. The van der Waals surface area contributed by atoms with Crippen LogP contribution in [0, 0.1) is 6.92 Å². The zero-order chi connectivity index (χ0) is 17.1. The molecule has 0 aromatic carbocycles. The lowest BCUT2D eigenvalue weighted by molar-refractivity contribution is 0.0949. The fraction of sp³-hybridized carbons (Fsp3) is 0.167. The van der Waals surface area contributed by atoms with Gasteiger partial charge in [0.05, 0.1) is 16.1 Å². The fourth-order valence-electron chi connectivity index (χ4n) is 1.86. The van der Waals surface area contributed by atoms with Gasteiger partial charge in [-0.15, -0.1) is 28.2 Å². The molecule has 3 aromatic heterocycles. The van der Waals surface area contributed by atoms with Crippen LogP contribution in [0.25, 0.3) is 5.82 Å². The van der Waals surface area contributed by atoms with Crippen LogP contribution in [-0.4, -0.2) is 43.7 Å². The van der Waals surface area contributed by atoms with Crippen LogP contribution in [0.2, 0.25) is 0 Å². The summed E-state index contributed by atoms with van der Waals surface area (Å²) in [5.74, 6) is -0.272. The first-order valence-electron chi connectivity index (χ1n) is 6.57. The van der Waals surface area contributed by atoms with E-state index in [0.717, 1.165) is 9.77 Å². The number of rotatable bonds is 5. The highest BCUT2D eigenvalue weighted by Crippen LogP contribution is 2.25. The molecule has 12 heteroatoms. The van der Waals surface area contributed by atoms with Crippen molar-refractivity contribution in [3.05, 3.63) is 28.4 Å². The Hall–Kier alpha value is -2.73. The minimum absolute atomic E-state index is 0.0510. The quantitative estimate of drug-likeness (QED) is 0.390. The Morgan fingerprint density at radius 1 is 1.54 bits per heavy atom. The van der Waals surface area contributed by atoms with Gasteiger partial charge >= 0.3 is 0 Å². The lowest BCUT2D eigenvalue weighted by atomic mass is 10.3. The molecule has 0 aliphatic heterocycles. The Morgan fingerprint density at radius 3 is 3.08 bits per heavy atom. The number of hydrogen-bond acceptors (Lipinski definition) is 10. The van der Waals surface area contributed by atoms with E-state index in [1.54, 1.807) is 36.2 Å². The SMILES string of the molecule is CSc1sccc1C=NNC(=O)c1nnn(-c2nonc2N)c1C. The van der Waals surface area contributed by atoms with Gasteiger partial charge in [-0.1, -0.05) is 5.21 Å². The van der Waals surface area contributed by atoms with Gasteiger partial charge in [0.1, 0.15) is 0 Å². The Kier molecular flexibility index (Phi) is 4.57. The van der Waals surface area contributed by atoms with E-state index in [9.17, 15) is 4.79 Å². The Labute approximate surface area is 144 Å². The highest BCUT2D eigenvalue weighted by Gasteiger charge is 2.20. The third-order valence-electron chi connectivity index (χ3n) is 3.02. The topological polar surface area (TPSA) is 137 Å². The molecular formula is C12H12N8O2S2. The number of carbonyl (C=O) groups is 1. The molecule has 0 aliphatic rings. The highest BCUT2D eigenvalue weighted by atomic mass is 32.2. The summed E-state index contributed by atoms with van der Waals surface area (Å²) in [5, 5.41) is 20.6. The largest absolute Gasteiger partial charge is 0.378 e. The number of amides is 1. The number of nitrogens with two attached hydrogens (primary N) is 1. The molecule has 3 N–H and O–H groups in total. The zero-order valence-corrected chi connectivity index (χ0v) is 14.3. The first-order valence-corrected chi connectivity index (χ1v) is 8.68. The van der Waals surface area contributed by atoms with Gasteiger partial charge in [0.25, 0.3) is 5.91 Å². The summed E-state index contributed by atoms with van der Waals surface area (Å²) in [6, 6.07) is 1.92. The number of nitrogens with zero attached hydrogens (tertiary/aromatic N) is 6. The van der Waals surface area contributed by atoms with Gasteiger partial charge in [0.15, 0.2) is 5.69 Å². The van der Waals surface area contributed by atoms with E-state index in [1.165, 1.54) is 4.68 Å². The lowest BCUT2D eigenvalue weighted by Crippen LogP contribution is -2.19. The van der Waals surface area contributed by atoms with Crippen LogP contribution >= 0.6 is 23.1 Å². The van der Waals surface area contributed by atoms with Crippen molar-refractivity contribution in [1.29, 1.82) is 0 Å². The van der Waals surface area contributed by atoms with Gasteiger partial charge in [0, 0.05) is 5.56 Å². The van der Waals surface area contributed by atoms with Crippen LogP contribution in [0.3, 0.4) is 0 Å². The number of nitrogen functional groups attached to an aromatic ring is 1. The van der Waals surface area contributed by atoms with Crippen LogP contribution in [0.15, 0.2) is 25.4 Å². The van der Waals surface area contributed by atoms with E-state index in [-0.39, 0.29) is 17.3 Å². The summed E-state index contributed by atoms with van der Waals surface area (Å²) in [5.41, 5.74) is 9.51. The molecule has 0 bridgehead atoms. The summed E-state index contributed by atoms with van der Waals surface area (Å²) in [6.07, 6.45) is 3.56. The van der Waals surface area contributed by atoms with Crippen molar-refractivity contribution in [3.63, 3.8) is 0 Å². The molecule has 0 spiro atoms. The molecule has 0 saturated heterocycles. The molecule has 0 fully saturated rings. The molecule has 3 heterocycles. The molecule has 1 amide bonds. The number of hydrazone groups is 1. The zero-order valence-electron chi connectivity index (χ0n) is 12.6. The van der Waals surface area contributed by atoms with Crippen molar-refractivity contribution in [3.8, 4) is 5.82 Å². The number of anilines is 1. The Morgan fingerprint density at radius 2 is 2.38 bits per heavy atom. The molecule has 0 aliphatic carbocycles. The second kappa shape index (κ2) is 6.80. The third kappa shape index (κ3) is 3.00. The molecule has 124 valence electrons. The monoisotopic (exact) mass is 364 g/mol. The van der Waals surface area contributed by atoms with Gasteiger partial charge in [-0.05, 0) is 34.9 Å². The van der Waals surface area contributed by atoms with E-state index in [1.807, 2.05) is 17.7 Å². The van der Waals surface area contributed by atoms with Crippen molar-refractivity contribution < 1.29 is 9.42 Å². The smallest absolute Gasteiger partial charge is 0.293 e.